The Bertz CT molecular complexity index is 326. The SMILES string of the molecule is CCN1CCN(C(C)(C)N2CCNC[C@@H]2C)CC1(C)C. The Morgan fingerprint density at radius 3 is 2.45 bits per heavy atom. The molecule has 2 aliphatic heterocycles. The molecule has 2 saturated heterocycles. The van der Waals surface area contributed by atoms with Gasteiger partial charge in [-0.1, -0.05) is 6.92 Å². The lowest BCUT2D eigenvalue weighted by molar-refractivity contribution is -0.107. The quantitative estimate of drug-likeness (QED) is 0.845. The molecule has 0 amide bonds. The van der Waals surface area contributed by atoms with Crippen molar-refractivity contribution in [1.29, 1.82) is 0 Å². The molecule has 2 fully saturated rings. The zero-order valence-corrected chi connectivity index (χ0v) is 14.4. The van der Waals surface area contributed by atoms with Crippen LogP contribution in [-0.2, 0) is 0 Å². The van der Waals surface area contributed by atoms with Gasteiger partial charge in [0.2, 0.25) is 0 Å². The fraction of sp³-hybridized carbons (Fsp3) is 1.00. The zero-order chi connectivity index (χ0) is 15.0. The lowest BCUT2D eigenvalue weighted by Crippen LogP contribution is -2.70. The third kappa shape index (κ3) is 3.03. The van der Waals surface area contributed by atoms with Crippen LogP contribution in [0, 0.1) is 0 Å². The first-order chi connectivity index (χ1) is 9.29. The molecule has 0 aliphatic carbocycles. The van der Waals surface area contributed by atoms with E-state index in [1.165, 1.54) is 13.1 Å². The number of hydrogen-bond donors (Lipinski definition) is 1. The van der Waals surface area contributed by atoms with Crippen LogP contribution in [0.25, 0.3) is 0 Å². The third-order valence-electron chi connectivity index (χ3n) is 5.43. The molecule has 118 valence electrons. The Morgan fingerprint density at radius 1 is 1.20 bits per heavy atom. The van der Waals surface area contributed by atoms with Gasteiger partial charge in [-0.2, -0.15) is 0 Å². The summed E-state index contributed by atoms with van der Waals surface area (Å²) in [6, 6.07) is 0.617. The summed E-state index contributed by atoms with van der Waals surface area (Å²) in [6.45, 7) is 22.3. The molecule has 4 nitrogen and oxygen atoms in total. The standard InChI is InChI=1S/C16H34N4/c1-7-18-10-11-19(13-15(18,3)4)16(5,6)20-9-8-17-12-14(20)2/h14,17H,7-13H2,1-6H3/t14-/m0/s1. The summed E-state index contributed by atoms with van der Waals surface area (Å²) in [4.78, 5) is 7.99. The molecule has 2 rings (SSSR count). The van der Waals surface area contributed by atoms with E-state index in [4.69, 9.17) is 0 Å². The van der Waals surface area contributed by atoms with E-state index in [1.54, 1.807) is 0 Å². The van der Waals surface area contributed by atoms with Crippen molar-refractivity contribution in [3.8, 4) is 0 Å². The van der Waals surface area contributed by atoms with Crippen molar-refractivity contribution in [2.24, 2.45) is 0 Å². The van der Waals surface area contributed by atoms with Crippen molar-refractivity contribution in [3.63, 3.8) is 0 Å². The highest BCUT2D eigenvalue weighted by Gasteiger charge is 2.42. The smallest absolute Gasteiger partial charge is 0.0683 e. The van der Waals surface area contributed by atoms with Crippen molar-refractivity contribution in [3.05, 3.63) is 0 Å². The normalized spacial score (nSPS) is 30.6. The van der Waals surface area contributed by atoms with Crippen LogP contribution in [0.2, 0.25) is 0 Å². The van der Waals surface area contributed by atoms with Crippen LogP contribution in [0.5, 0.6) is 0 Å². The fourth-order valence-corrected chi connectivity index (χ4v) is 4.08. The maximum Gasteiger partial charge on any atom is 0.0683 e. The molecular weight excluding hydrogens is 248 g/mol. The molecule has 4 heteroatoms. The molecule has 0 unspecified atom stereocenters. The minimum absolute atomic E-state index is 0.151. The van der Waals surface area contributed by atoms with Gasteiger partial charge in [-0.05, 0) is 41.2 Å². The molecule has 2 heterocycles. The molecule has 1 N–H and O–H groups in total. The highest BCUT2D eigenvalue weighted by Crippen LogP contribution is 2.30. The van der Waals surface area contributed by atoms with Gasteiger partial charge >= 0.3 is 0 Å². The molecule has 0 spiro atoms. The van der Waals surface area contributed by atoms with Gasteiger partial charge in [-0.3, -0.25) is 14.7 Å². The molecule has 1 atom stereocenters. The Labute approximate surface area is 125 Å². The number of hydrogen-bond acceptors (Lipinski definition) is 4. The topological polar surface area (TPSA) is 21.8 Å². The third-order valence-corrected chi connectivity index (χ3v) is 5.43. The molecule has 0 saturated carbocycles. The lowest BCUT2D eigenvalue weighted by atomic mass is 9.95. The summed E-state index contributed by atoms with van der Waals surface area (Å²) in [7, 11) is 0. The summed E-state index contributed by atoms with van der Waals surface area (Å²) in [5, 5.41) is 3.50. The highest BCUT2D eigenvalue weighted by atomic mass is 15.5. The van der Waals surface area contributed by atoms with Gasteiger partial charge in [0.1, 0.15) is 0 Å². The first-order valence-electron chi connectivity index (χ1n) is 8.26. The largest absolute Gasteiger partial charge is 0.314 e. The second kappa shape index (κ2) is 5.91. The van der Waals surface area contributed by atoms with Crippen LogP contribution in [0.15, 0.2) is 0 Å². The van der Waals surface area contributed by atoms with Gasteiger partial charge in [0.05, 0.1) is 5.66 Å². The summed E-state index contributed by atoms with van der Waals surface area (Å²) < 4.78 is 0. The van der Waals surface area contributed by atoms with Crippen molar-refractivity contribution < 1.29 is 0 Å². The number of nitrogens with one attached hydrogen (secondary N) is 1. The van der Waals surface area contributed by atoms with E-state index in [-0.39, 0.29) is 11.2 Å². The Balaban J connectivity index is 2.10. The van der Waals surface area contributed by atoms with E-state index in [0.29, 0.717) is 6.04 Å². The van der Waals surface area contributed by atoms with Gasteiger partial charge in [0, 0.05) is 50.8 Å². The number of rotatable bonds is 3. The van der Waals surface area contributed by atoms with Crippen LogP contribution in [-0.4, -0.2) is 77.8 Å². The van der Waals surface area contributed by atoms with Gasteiger partial charge in [0.15, 0.2) is 0 Å². The number of piperazine rings is 2. The predicted octanol–water partition coefficient (Wildman–Crippen LogP) is 1.43. The van der Waals surface area contributed by atoms with E-state index < -0.39 is 0 Å². The van der Waals surface area contributed by atoms with Gasteiger partial charge < -0.3 is 5.32 Å². The highest BCUT2D eigenvalue weighted by molar-refractivity contribution is 4.97. The maximum absolute atomic E-state index is 3.50. The Hall–Kier alpha value is -0.160. The van der Waals surface area contributed by atoms with Crippen molar-refractivity contribution >= 4 is 0 Å². The molecule has 0 aromatic carbocycles. The Morgan fingerprint density at radius 2 is 1.90 bits per heavy atom. The van der Waals surface area contributed by atoms with Crippen molar-refractivity contribution in [2.75, 3.05) is 45.8 Å². The second-order valence-electron chi connectivity index (χ2n) is 7.55. The van der Waals surface area contributed by atoms with E-state index in [0.717, 1.165) is 32.7 Å². The summed E-state index contributed by atoms with van der Waals surface area (Å²) in [5.41, 5.74) is 0.431. The molecule has 0 radical (unpaired) electrons. The zero-order valence-electron chi connectivity index (χ0n) is 14.4. The van der Waals surface area contributed by atoms with Crippen LogP contribution in [0.4, 0.5) is 0 Å². The second-order valence-corrected chi connectivity index (χ2v) is 7.55. The first-order valence-corrected chi connectivity index (χ1v) is 8.26. The average Bonchev–Trinajstić information content (AvgIpc) is 2.37. The van der Waals surface area contributed by atoms with E-state index in [2.05, 4.69) is 61.6 Å². The molecule has 20 heavy (non-hydrogen) atoms. The molecule has 0 aromatic rings. The first kappa shape index (κ1) is 16.2. The van der Waals surface area contributed by atoms with Gasteiger partial charge in [0.25, 0.3) is 0 Å². The fourth-order valence-electron chi connectivity index (χ4n) is 4.08. The minimum Gasteiger partial charge on any atom is -0.314 e. The van der Waals surface area contributed by atoms with Crippen LogP contribution >= 0.6 is 0 Å². The monoisotopic (exact) mass is 282 g/mol. The molecule has 2 aliphatic rings. The molecule has 0 aromatic heterocycles. The average molecular weight is 282 g/mol. The lowest BCUT2D eigenvalue weighted by Gasteiger charge is -2.56. The summed E-state index contributed by atoms with van der Waals surface area (Å²) in [5.74, 6) is 0. The maximum atomic E-state index is 3.50. The van der Waals surface area contributed by atoms with Crippen molar-refractivity contribution in [2.45, 2.75) is 58.8 Å². The summed E-state index contributed by atoms with van der Waals surface area (Å²) >= 11 is 0. The number of nitrogens with zero attached hydrogens (tertiary/aromatic N) is 3. The van der Waals surface area contributed by atoms with Gasteiger partial charge in [-0.15, -0.1) is 0 Å². The van der Waals surface area contributed by atoms with E-state index in [9.17, 15) is 0 Å². The predicted molar refractivity (Wildman–Crippen MR) is 86.0 cm³/mol. The minimum atomic E-state index is 0.151. The summed E-state index contributed by atoms with van der Waals surface area (Å²) in [6.07, 6.45) is 0. The van der Waals surface area contributed by atoms with Crippen LogP contribution in [0.1, 0.15) is 41.5 Å². The Kier molecular flexibility index (Phi) is 4.80. The molecular formula is C16H34N4. The van der Waals surface area contributed by atoms with E-state index in [1.807, 2.05) is 0 Å². The van der Waals surface area contributed by atoms with Crippen molar-refractivity contribution in [1.82, 2.24) is 20.0 Å². The van der Waals surface area contributed by atoms with Crippen LogP contribution < -0.4 is 5.32 Å². The van der Waals surface area contributed by atoms with Crippen LogP contribution in [0.3, 0.4) is 0 Å². The van der Waals surface area contributed by atoms with E-state index >= 15 is 0 Å². The molecule has 0 bridgehead atoms. The van der Waals surface area contributed by atoms with Gasteiger partial charge in [-0.25, -0.2) is 0 Å². The number of likely N-dealkylation sites (N-methyl/N-ethyl adjacent to an activating group) is 1.